The molecule has 0 atom stereocenters. The highest BCUT2D eigenvalue weighted by Gasteiger charge is 2.19. The van der Waals surface area contributed by atoms with Crippen molar-refractivity contribution in [2.45, 2.75) is 13.8 Å². The van der Waals surface area contributed by atoms with Crippen LogP contribution in [0, 0.1) is 13.8 Å². The normalized spacial score (nSPS) is 12.9. The Labute approximate surface area is 149 Å². The van der Waals surface area contributed by atoms with Crippen molar-refractivity contribution in [2.75, 3.05) is 18.5 Å². The van der Waals surface area contributed by atoms with Gasteiger partial charge in [0.05, 0.1) is 5.56 Å². The fraction of sp³-hybridized carbons (Fsp3) is 0.222. The summed E-state index contributed by atoms with van der Waals surface area (Å²) in [4.78, 5) is 16.7. The van der Waals surface area contributed by atoms with Crippen LogP contribution in [0.4, 0.5) is 5.13 Å². The third kappa shape index (κ3) is 2.87. The minimum atomic E-state index is -0.160. The third-order valence-corrected chi connectivity index (χ3v) is 4.80. The number of hydrogen-bond donors (Lipinski definition) is 1. The van der Waals surface area contributed by atoms with Gasteiger partial charge in [0.1, 0.15) is 13.2 Å². The molecule has 1 aliphatic heterocycles. The number of fused-ring (bicyclic) bond motifs is 1. The van der Waals surface area contributed by atoms with E-state index in [0.717, 1.165) is 28.6 Å². The maximum absolute atomic E-state index is 12.6. The molecule has 0 bridgehead atoms. The molecule has 3 heterocycles. The summed E-state index contributed by atoms with van der Waals surface area (Å²) in [6.07, 6.45) is 1.67. The van der Waals surface area contributed by atoms with E-state index in [1.165, 1.54) is 11.3 Å². The van der Waals surface area contributed by atoms with E-state index >= 15 is 0 Å². The second kappa shape index (κ2) is 6.25. The van der Waals surface area contributed by atoms with Crippen LogP contribution in [0.2, 0.25) is 0 Å². The lowest BCUT2D eigenvalue weighted by Gasteiger charge is -2.20. The lowest BCUT2D eigenvalue weighted by atomic mass is 10.2. The lowest BCUT2D eigenvalue weighted by Crippen LogP contribution is -2.16. The zero-order valence-corrected chi connectivity index (χ0v) is 14.7. The number of thiazole rings is 1. The number of carbonyl (C=O) groups excluding carboxylic acids is 1. The van der Waals surface area contributed by atoms with Gasteiger partial charge < -0.3 is 14.0 Å². The van der Waals surface area contributed by atoms with Crippen molar-refractivity contribution in [3.63, 3.8) is 0 Å². The minimum Gasteiger partial charge on any atom is -0.486 e. The Morgan fingerprint density at radius 3 is 2.76 bits per heavy atom. The molecule has 0 spiro atoms. The molecule has 0 saturated carbocycles. The van der Waals surface area contributed by atoms with E-state index in [1.54, 1.807) is 6.20 Å². The molecular formula is C18H17N3O3S. The first-order valence-corrected chi connectivity index (χ1v) is 8.81. The van der Waals surface area contributed by atoms with Crippen molar-refractivity contribution in [1.29, 1.82) is 0 Å². The number of hydrogen-bond acceptors (Lipinski definition) is 5. The van der Waals surface area contributed by atoms with Crippen LogP contribution in [0.25, 0.3) is 5.69 Å². The molecule has 1 aromatic carbocycles. The first-order valence-electron chi connectivity index (χ1n) is 7.93. The summed E-state index contributed by atoms with van der Waals surface area (Å²) in [7, 11) is 0. The van der Waals surface area contributed by atoms with Crippen LogP contribution in [0.15, 0.2) is 35.8 Å². The van der Waals surface area contributed by atoms with Crippen LogP contribution < -0.4 is 14.8 Å². The fourth-order valence-corrected chi connectivity index (χ4v) is 3.53. The number of anilines is 1. The topological polar surface area (TPSA) is 65.4 Å². The second-order valence-corrected chi connectivity index (χ2v) is 6.63. The highest BCUT2D eigenvalue weighted by atomic mass is 32.1. The molecule has 2 aromatic heterocycles. The van der Waals surface area contributed by atoms with Crippen molar-refractivity contribution >= 4 is 22.4 Å². The molecule has 0 aliphatic carbocycles. The van der Waals surface area contributed by atoms with Gasteiger partial charge in [0.15, 0.2) is 16.6 Å². The summed E-state index contributed by atoms with van der Waals surface area (Å²) < 4.78 is 13.3. The standard InChI is InChI=1S/C18H17N3O3S/c1-11-9-14(17(22)20-18-19-5-8-25-18)12(2)21(11)13-3-4-15-16(10-13)24-7-6-23-15/h3-5,8-10H,6-7H2,1-2H3,(H,19,20,22). The highest BCUT2D eigenvalue weighted by molar-refractivity contribution is 7.13. The Balaban J connectivity index is 1.69. The van der Waals surface area contributed by atoms with E-state index in [2.05, 4.69) is 10.3 Å². The number of aromatic nitrogens is 2. The van der Waals surface area contributed by atoms with Gasteiger partial charge in [-0.2, -0.15) is 0 Å². The summed E-state index contributed by atoms with van der Waals surface area (Å²) in [5.41, 5.74) is 3.40. The summed E-state index contributed by atoms with van der Waals surface area (Å²) in [5, 5.41) is 5.25. The Morgan fingerprint density at radius 1 is 1.20 bits per heavy atom. The van der Waals surface area contributed by atoms with Crippen LogP contribution in [0.3, 0.4) is 0 Å². The number of ether oxygens (including phenoxy) is 2. The molecule has 0 saturated heterocycles. The lowest BCUT2D eigenvalue weighted by molar-refractivity contribution is 0.102. The van der Waals surface area contributed by atoms with Crippen LogP contribution in [-0.2, 0) is 0 Å². The molecule has 0 radical (unpaired) electrons. The molecule has 4 rings (SSSR count). The highest BCUT2D eigenvalue weighted by Crippen LogP contribution is 2.33. The van der Waals surface area contributed by atoms with E-state index in [1.807, 2.05) is 48.1 Å². The van der Waals surface area contributed by atoms with Crippen LogP contribution in [-0.4, -0.2) is 28.7 Å². The molecule has 128 valence electrons. The molecule has 1 amide bonds. The molecular weight excluding hydrogens is 338 g/mol. The summed E-state index contributed by atoms with van der Waals surface area (Å²) >= 11 is 1.39. The van der Waals surface area contributed by atoms with Gasteiger partial charge in [-0.1, -0.05) is 0 Å². The Morgan fingerprint density at radius 2 is 2.00 bits per heavy atom. The predicted molar refractivity (Wildman–Crippen MR) is 96.3 cm³/mol. The van der Waals surface area contributed by atoms with Crippen molar-refractivity contribution in [3.05, 3.63) is 52.8 Å². The summed E-state index contributed by atoms with van der Waals surface area (Å²) in [6, 6.07) is 7.69. The molecule has 6 nitrogen and oxygen atoms in total. The van der Waals surface area contributed by atoms with Gasteiger partial charge in [-0.25, -0.2) is 4.98 Å². The van der Waals surface area contributed by atoms with Gasteiger partial charge in [0.25, 0.3) is 5.91 Å². The molecule has 1 N–H and O–H groups in total. The average Bonchev–Trinajstić information content (AvgIpc) is 3.22. The van der Waals surface area contributed by atoms with E-state index < -0.39 is 0 Å². The quantitative estimate of drug-likeness (QED) is 0.780. The number of nitrogens with zero attached hydrogens (tertiary/aromatic N) is 2. The van der Waals surface area contributed by atoms with Gasteiger partial charge in [-0.3, -0.25) is 10.1 Å². The Kier molecular flexibility index (Phi) is 3.93. The molecule has 0 unspecified atom stereocenters. The molecule has 1 aliphatic rings. The molecule has 7 heteroatoms. The smallest absolute Gasteiger partial charge is 0.259 e. The zero-order valence-electron chi connectivity index (χ0n) is 13.9. The van der Waals surface area contributed by atoms with Gasteiger partial charge in [-0.15, -0.1) is 11.3 Å². The first kappa shape index (κ1) is 15.7. The maximum atomic E-state index is 12.6. The van der Waals surface area contributed by atoms with Crippen molar-refractivity contribution in [3.8, 4) is 17.2 Å². The number of aryl methyl sites for hydroxylation is 1. The largest absolute Gasteiger partial charge is 0.486 e. The Bertz CT molecular complexity index is 931. The van der Waals surface area contributed by atoms with Gasteiger partial charge in [0, 0.05) is 34.7 Å². The number of amides is 1. The van der Waals surface area contributed by atoms with Crippen LogP contribution in [0.1, 0.15) is 21.7 Å². The van der Waals surface area contributed by atoms with Crippen LogP contribution in [0.5, 0.6) is 11.5 Å². The zero-order chi connectivity index (χ0) is 17.4. The first-order chi connectivity index (χ1) is 12.1. The van der Waals surface area contributed by atoms with Crippen molar-refractivity contribution in [1.82, 2.24) is 9.55 Å². The molecule has 3 aromatic rings. The maximum Gasteiger partial charge on any atom is 0.259 e. The van der Waals surface area contributed by atoms with E-state index in [4.69, 9.17) is 9.47 Å². The van der Waals surface area contributed by atoms with Gasteiger partial charge in [-0.05, 0) is 32.0 Å². The molecule has 0 fully saturated rings. The number of benzene rings is 1. The minimum absolute atomic E-state index is 0.160. The third-order valence-electron chi connectivity index (χ3n) is 4.11. The number of rotatable bonds is 3. The summed E-state index contributed by atoms with van der Waals surface area (Å²) in [5.74, 6) is 1.32. The van der Waals surface area contributed by atoms with Crippen molar-refractivity contribution in [2.24, 2.45) is 0 Å². The van der Waals surface area contributed by atoms with Crippen LogP contribution >= 0.6 is 11.3 Å². The number of nitrogens with one attached hydrogen (secondary N) is 1. The van der Waals surface area contributed by atoms with Gasteiger partial charge in [0.2, 0.25) is 0 Å². The molecule has 25 heavy (non-hydrogen) atoms. The predicted octanol–water partition coefficient (Wildman–Crippen LogP) is 3.57. The Hall–Kier alpha value is -2.80. The van der Waals surface area contributed by atoms with Gasteiger partial charge >= 0.3 is 0 Å². The SMILES string of the molecule is Cc1cc(C(=O)Nc2nccs2)c(C)n1-c1ccc2c(c1)OCCO2. The summed E-state index contributed by atoms with van der Waals surface area (Å²) in [6.45, 7) is 5.01. The second-order valence-electron chi connectivity index (χ2n) is 5.74. The number of carbonyl (C=O) groups is 1. The average molecular weight is 355 g/mol. The van der Waals surface area contributed by atoms with E-state index in [-0.39, 0.29) is 5.91 Å². The van der Waals surface area contributed by atoms with Crippen molar-refractivity contribution < 1.29 is 14.3 Å². The van der Waals surface area contributed by atoms with E-state index in [9.17, 15) is 4.79 Å². The fourth-order valence-electron chi connectivity index (χ4n) is 3.01. The van der Waals surface area contributed by atoms with E-state index in [0.29, 0.717) is 23.9 Å². The monoisotopic (exact) mass is 355 g/mol.